The highest BCUT2D eigenvalue weighted by atomic mass is 16.1. The number of rotatable bonds is 5. The average Bonchev–Trinajstić information content (AvgIpc) is 2.99. The number of nitrogens with one attached hydrogen (secondary N) is 1. The molecule has 0 bridgehead atoms. The summed E-state index contributed by atoms with van der Waals surface area (Å²) in [5.74, 6) is 0.268. The van der Waals surface area contributed by atoms with Crippen LogP contribution in [-0.4, -0.2) is 10.4 Å². The van der Waals surface area contributed by atoms with Crippen LogP contribution in [0.5, 0.6) is 0 Å². The largest absolute Gasteiger partial charge is 0.347 e. The molecular formula is C17H22N2O. The summed E-state index contributed by atoms with van der Waals surface area (Å²) < 4.78 is 2.35. The average molecular weight is 270 g/mol. The first kappa shape index (κ1) is 13.4. The Balaban J connectivity index is 2.07. The van der Waals surface area contributed by atoms with Gasteiger partial charge in [0.25, 0.3) is 0 Å². The van der Waals surface area contributed by atoms with E-state index in [1.54, 1.807) is 6.92 Å². The lowest BCUT2D eigenvalue weighted by atomic mass is 10.0. The Morgan fingerprint density at radius 2 is 2.05 bits per heavy atom. The zero-order chi connectivity index (χ0) is 14.1. The van der Waals surface area contributed by atoms with Crippen molar-refractivity contribution in [3.8, 4) is 0 Å². The lowest BCUT2D eigenvalue weighted by molar-refractivity contribution is -0.116. The SMILES string of the molecule is CCCn1cc(CCC(C)=O)c2cc3c(cc21)CNC3. The van der Waals surface area contributed by atoms with Gasteiger partial charge < -0.3 is 14.7 Å². The number of aromatic nitrogens is 1. The Morgan fingerprint density at radius 1 is 1.30 bits per heavy atom. The fourth-order valence-corrected chi connectivity index (χ4v) is 3.10. The van der Waals surface area contributed by atoms with Gasteiger partial charge in [-0.15, -0.1) is 0 Å². The zero-order valence-corrected chi connectivity index (χ0v) is 12.3. The summed E-state index contributed by atoms with van der Waals surface area (Å²) >= 11 is 0. The molecule has 0 fully saturated rings. The van der Waals surface area contributed by atoms with Crippen LogP contribution in [-0.2, 0) is 30.8 Å². The van der Waals surface area contributed by atoms with E-state index in [2.05, 4.69) is 35.1 Å². The van der Waals surface area contributed by atoms with Gasteiger partial charge >= 0.3 is 0 Å². The van der Waals surface area contributed by atoms with E-state index in [9.17, 15) is 4.79 Å². The molecule has 0 radical (unpaired) electrons. The third-order valence-corrected chi connectivity index (χ3v) is 4.13. The number of carbonyl (C=O) groups excluding carboxylic acids is 1. The molecule has 3 heteroatoms. The highest BCUT2D eigenvalue weighted by Gasteiger charge is 2.15. The molecule has 1 aromatic carbocycles. The summed E-state index contributed by atoms with van der Waals surface area (Å²) in [6.07, 6.45) is 4.88. The van der Waals surface area contributed by atoms with E-state index in [1.807, 2.05) is 0 Å². The molecule has 0 atom stereocenters. The van der Waals surface area contributed by atoms with Crippen LogP contribution in [0.4, 0.5) is 0 Å². The Labute approximate surface area is 120 Å². The van der Waals surface area contributed by atoms with E-state index in [4.69, 9.17) is 0 Å². The number of carbonyl (C=O) groups is 1. The number of ketones is 1. The van der Waals surface area contributed by atoms with Crippen LogP contribution in [0.2, 0.25) is 0 Å². The minimum atomic E-state index is 0.268. The monoisotopic (exact) mass is 270 g/mol. The first-order valence-corrected chi connectivity index (χ1v) is 7.52. The summed E-state index contributed by atoms with van der Waals surface area (Å²) in [6, 6.07) is 4.66. The third-order valence-electron chi connectivity index (χ3n) is 4.13. The second kappa shape index (κ2) is 5.41. The van der Waals surface area contributed by atoms with E-state index < -0.39 is 0 Å². The summed E-state index contributed by atoms with van der Waals surface area (Å²) in [6.45, 7) is 6.87. The maximum absolute atomic E-state index is 11.3. The van der Waals surface area contributed by atoms with E-state index in [1.165, 1.54) is 27.6 Å². The number of aryl methyl sites for hydroxylation is 2. The van der Waals surface area contributed by atoms with E-state index in [0.717, 1.165) is 32.5 Å². The summed E-state index contributed by atoms with van der Waals surface area (Å²) in [4.78, 5) is 11.3. The van der Waals surface area contributed by atoms with E-state index >= 15 is 0 Å². The van der Waals surface area contributed by atoms with Crippen LogP contribution < -0.4 is 5.32 Å². The van der Waals surface area contributed by atoms with Crippen molar-refractivity contribution in [3.05, 3.63) is 35.0 Å². The number of Topliss-reactive ketones (excluding diaryl/α,β-unsaturated/α-hetero) is 1. The molecule has 1 aromatic heterocycles. The van der Waals surface area contributed by atoms with Crippen molar-refractivity contribution in [2.24, 2.45) is 0 Å². The molecule has 3 nitrogen and oxygen atoms in total. The molecule has 3 rings (SSSR count). The molecule has 1 aliphatic rings. The van der Waals surface area contributed by atoms with Gasteiger partial charge in [0.1, 0.15) is 5.78 Å². The van der Waals surface area contributed by atoms with Crippen LogP contribution in [0.15, 0.2) is 18.3 Å². The molecule has 2 aromatic rings. The standard InChI is InChI=1S/C17H22N2O/c1-3-6-19-11-13(5-4-12(2)20)16-7-14-9-18-10-15(14)8-17(16)19/h7-8,11,18H,3-6,9-10H2,1-2H3. The van der Waals surface area contributed by atoms with Crippen molar-refractivity contribution in [1.82, 2.24) is 9.88 Å². The van der Waals surface area contributed by atoms with Crippen LogP contribution >= 0.6 is 0 Å². The maximum Gasteiger partial charge on any atom is 0.130 e. The van der Waals surface area contributed by atoms with Crippen molar-refractivity contribution >= 4 is 16.7 Å². The van der Waals surface area contributed by atoms with Gasteiger partial charge in [-0.2, -0.15) is 0 Å². The van der Waals surface area contributed by atoms with Gasteiger partial charge in [0.2, 0.25) is 0 Å². The van der Waals surface area contributed by atoms with Crippen molar-refractivity contribution in [2.45, 2.75) is 52.7 Å². The molecule has 20 heavy (non-hydrogen) atoms. The number of fused-ring (bicyclic) bond motifs is 2. The van der Waals surface area contributed by atoms with Crippen LogP contribution in [0, 0.1) is 0 Å². The maximum atomic E-state index is 11.3. The van der Waals surface area contributed by atoms with Crippen molar-refractivity contribution in [2.75, 3.05) is 0 Å². The fraction of sp³-hybridized carbons (Fsp3) is 0.471. The van der Waals surface area contributed by atoms with Gasteiger partial charge in [-0.1, -0.05) is 6.92 Å². The smallest absolute Gasteiger partial charge is 0.130 e. The topological polar surface area (TPSA) is 34.0 Å². The van der Waals surface area contributed by atoms with Crippen molar-refractivity contribution in [1.29, 1.82) is 0 Å². The molecule has 2 heterocycles. The molecule has 0 unspecified atom stereocenters. The predicted molar refractivity (Wildman–Crippen MR) is 81.8 cm³/mol. The predicted octanol–water partition coefficient (Wildman–Crippen LogP) is 3.18. The van der Waals surface area contributed by atoms with E-state index in [-0.39, 0.29) is 5.78 Å². The number of nitrogens with zero attached hydrogens (tertiary/aromatic N) is 1. The van der Waals surface area contributed by atoms with Crippen molar-refractivity contribution < 1.29 is 4.79 Å². The first-order chi connectivity index (χ1) is 9.69. The van der Waals surface area contributed by atoms with Gasteiger partial charge in [0, 0.05) is 43.2 Å². The number of hydrogen-bond donors (Lipinski definition) is 1. The molecular weight excluding hydrogens is 248 g/mol. The quantitative estimate of drug-likeness (QED) is 0.905. The van der Waals surface area contributed by atoms with Gasteiger partial charge in [-0.05, 0) is 48.6 Å². The number of benzene rings is 1. The normalized spacial score (nSPS) is 13.9. The second-order valence-electron chi connectivity index (χ2n) is 5.79. The first-order valence-electron chi connectivity index (χ1n) is 7.52. The molecule has 0 saturated heterocycles. The Hall–Kier alpha value is -1.61. The lowest BCUT2D eigenvalue weighted by Gasteiger charge is -2.05. The molecule has 106 valence electrons. The third kappa shape index (κ3) is 2.38. The Bertz CT molecular complexity index is 655. The zero-order valence-electron chi connectivity index (χ0n) is 12.3. The molecule has 0 amide bonds. The Kier molecular flexibility index (Phi) is 3.62. The summed E-state index contributed by atoms with van der Waals surface area (Å²) in [5.41, 5.74) is 5.48. The Morgan fingerprint density at radius 3 is 2.75 bits per heavy atom. The summed E-state index contributed by atoms with van der Waals surface area (Å²) in [7, 11) is 0. The lowest BCUT2D eigenvalue weighted by Crippen LogP contribution is -2.00. The highest BCUT2D eigenvalue weighted by Crippen LogP contribution is 2.28. The van der Waals surface area contributed by atoms with Crippen LogP contribution in [0.25, 0.3) is 10.9 Å². The number of hydrogen-bond acceptors (Lipinski definition) is 2. The summed E-state index contributed by atoms with van der Waals surface area (Å²) in [5, 5.41) is 4.75. The molecule has 0 spiro atoms. The minimum absolute atomic E-state index is 0.268. The molecule has 0 saturated carbocycles. The molecule has 1 N–H and O–H groups in total. The fourth-order valence-electron chi connectivity index (χ4n) is 3.10. The second-order valence-corrected chi connectivity index (χ2v) is 5.79. The van der Waals surface area contributed by atoms with Crippen LogP contribution in [0.1, 0.15) is 43.4 Å². The van der Waals surface area contributed by atoms with Gasteiger partial charge in [0.05, 0.1) is 0 Å². The van der Waals surface area contributed by atoms with E-state index in [0.29, 0.717) is 6.42 Å². The van der Waals surface area contributed by atoms with Gasteiger partial charge in [0.15, 0.2) is 0 Å². The molecule has 1 aliphatic heterocycles. The molecule has 0 aliphatic carbocycles. The van der Waals surface area contributed by atoms with Crippen molar-refractivity contribution in [3.63, 3.8) is 0 Å². The van der Waals surface area contributed by atoms with Crippen LogP contribution in [0.3, 0.4) is 0 Å². The van der Waals surface area contributed by atoms with Gasteiger partial charge in [-0.3, -0.25) is 0 Å². The van der Waals surface area contributed by atoms with Gasteiger partial charge in [-0.25, -0.2) is 0 Å². The highest BCUT2D eigenvalue weighted by molar-refractivity contribution is 5.86. The minimum Gasteiger partial charge on any atom is -0.347 e.